The lowest BCUT2D eigenvalue weighted by Crippen LogP contribution is -2.30. The summed E-state index contributed by atoms with van der Waals surface area (Å²) in [6.45, 7) is 3.67. The summed E-state index contributed by atoms with van der Waals surface area (Å²) in [7, 11) is -3.99. The van der Waals surface area contributed by atoms with Crippen LogP contribution in [0.2, 0.25) is 0 Å². The van der Waals surface area contributed by atoms with Gasteiger partial charge in [-0.15, -0.1) is 11.8 Å². The molecule has 1 aromatic carbocycles. The van der Waals surface area contributed by atoms with Crippen molar-refractivity contribution in [3.05, 3.63) is 36.8 Å². The minimum atomic E-state index is -3.99. The molecule has 24 heavy (non-hydrogen) atoms. The number of rotatable bonds is 7. The number of thioether (sulfide) groups is 1. The lowest BCUT2D eigenvalue weighted by atomic mass is 10.1. The molecule has 0 aliphatic heterocycles. The standard InChI is InChI=1S/C15H21N4O3PS/c1-4-22-23(20,21)15(18-11(2)24-3)19-13-7-5-12(6-8-13)14-9-16-10-17-14/h5-11H,4H2,1-3H3,(H,16,17)(H,18,19)(H,20,21). The number of benzene rings is 1. The lowest BCUT2D eigenvalue weighted by Gasteiger charge is -2.18. The molecular formula is C15H21N4O3PS. The predicted octanol–water partition coefficient (Wildman–Crippen LogP) is 3.58. The highest BCUT2D eigenvalue weighted by Gasteiger charge is 2.28. The highest BCUT2D eigenvalue weighted by atomic mass is 32.2. The third-order valence-corrected chi connectivity index (χ3v) is 5.35. The summed E-state index contributed by atoms with van der Waals surface area (Å²) in [5, 5.41) is 2.86. The van der Waals surface area contributed by atoms with E-state index in [0.29, 0.717) is 5.69 Å². The second kappa shape index (κ2) is 8.48. The Morgan fingerprint density at radius 2 is 2.21 bits per heavy atom. The molecule has 2 aromatic rings. The molecule has 0 fully saturated rings. The molecule has 9 heteroatoms. The van der Waals surface area contributed by atoms with Crippen LogP contribution in [0.4, 0.5) is 5.69 Å². The average molecular weight is 368 g/mol. The quantitative estimate of drug-likeness (QED) is 0.299. The van der Waals surface area contributed by atoms with Gasteiger partial charge in [0.2, 0.25) is 5.58 Å². The van der Waals surface area contributed by atoms with E-state index in [1.807, 2.05) is 25.3 Å². The smallest absolute Gasteiger partial charge is 0.352 e. The van der Waals surface area contributed by atoms with E-state index >= 15 is 0 Å². The van der Waals surface area contributed by atoms with Gasteiger partial charge < -0.3 is 19.7 Å². The summed E-state index contributed by atoms with van der Waals surface area (Å²) < 4.78 is 17.3. The molecule has 0 saturated heterocycles. The normalized spacial score (nSPS) is 15.8. The molecular weight excluding hydrogens is 347 g/mol. The van der Waals surface area contributed by atoms with Gasteiger partial charge in [-0.05, 0) is 32.2 Å². The molecule has 0 radical (unpaired) electrons. The third-order valence-electron chi connectivity index (χ3n) is 3.15. The Kier molecular flexibility index (Phi) is 6.62. The van der Waals surface area contributed by atoms with Crippen molar-refractivity contribution in [3.63, 3.8) is 0 Å². The van der Waals surface area contributed by atoms with Crippen molar-refractivity contribution in [2.24, 2.45) is 4.99 Å². The minimum Gasteiger partial charge on any atom is -0.352 e. The second-order valence-corrected chi connectivity index (χ2v) is 7.80. The first kappa shape index (κ1) is 18.7. The molecule has 7 nitrogen and oxygen atoms in total. The van der Waals surface area contributed by atoms with E-state index in [-0.39, 0.29) is 17.6 Å². The number of hydrogen-bond acceptors (Lipinski definition) is 5. The topological polar surface area (TPSA) is 99.6 Å². The van der Waals surface area contributed by atoms with Crippen molar-refractivity contribution in [3.8, 4) is 11.3 Å². The zero-order valence-electron chi connectivity index (χ0n) is 13.8. The first-order valence-electron chi connectivity index (χ1n) is 7.41. The van der Waals surface area contributed by atoms with Gasteiger partial charge in [0.25, 0.3) is 0 Å². The van der Waals surface area contributed by atoms with Gasteiger partial charge in [0, 0.05) is 11.8 Å². The Morgan fingerprint density at radius 1 is 1.50 bits per heavy atom. The van der Waals surface area contributed by atoms with Crippen LogP contribution < -0.4 is 5.32 Å². The Morgan fingerprint density at radius 3 is 2.75 bits per heavy atom. The van der Waals surface area contributed by atoms with Crippen LogP contribution in [0.15, 0.2) is 41.8 Å². The second-order valence-electron chi connectivity index (χ2n) is 4.90. The molecule has 0 amide bonds. The number of aliphatic imine (C=N–C) groups is 1. The van der Waals surface area contributed by atoms with Crippen molar-refractivity contribution >= 4 is 30.6 Å². The molecule has 2 unspecified atom stereocenters. The van der Waals surface area contributed by atoms with E-state index in [2.05, 4.69) is 20.3 Å². The van der Waals surface area contributed by atoms with Gasteiger partial charge in [-0.3, -0.25) is 4.57 Å². The van der Waals surface area contributed by atoms with Crippen molar-refractivity contribution in [1.29, 1.82) is 0 Å². The number of nitrogens with one attached hydrogen (secondary N) is 2. The monoisotopic (exact) mass is 368 g/mol. The molecule has 1 heterocycles. The highest BCUT2D eigenvalue weighted by molar-refractivity contribution is 7.99. The van der Waals surface area contributed by atoms with Gasteiger partial charge in [-0.2, -0.15) is 0 Å². The fourth-order valence-corrected chi connectivity index (χ4v) is 3.29. The zero-order valence-corrected chi connectivity index (χ0v) is 15.5. The summed E-state index contributed by atoms with van der Waals surface area (Å²) in [5.41, 5.74) is 2.25. The van der Waals surface area contributed by atoms with Crippen LogP contribution >= 0.6 is 19.4 Å². The van der Waals surface area contributed by atoms with Gasteiger partial charge in [-0.25, -0.2) is 9.98 Å². The van der Waals surface area contributed by atoms with E-state index in [4.69, 9.17) is 4.52 Å². The van der Waals surface area contributed by atoms with Crippen molar-refractivity contribution in [2.45, 2.75) is 19.2 Å². The van der Waals surface area contributed by atoms with Crippen LogP contribution in [0.3, 0.4) is 0 Å². The Hall–Kier alpha value is -1.60. The third kappa shape index (κ3) is 4.95. The molecule has 1 aromatic heterocycles. The fourth-order valence-electron chi connectivity index (χ4n) is 1.90. The number of H-pyrrole nitrogens is 1. The van der Waals surface area contributed by atoms with Gasteiger partial charge in [0.1, 0.15) is 0 Å². The predicted molar refractivity (Wildman–Crippen MR) is 98.7 cm³/mol. The Labute approximate surface area is 145 Å². The van der Waals surface area contributed by atoms with Crippen LogP contribution in [0, 0.1) is 0 Å². The molecule has 2 atom stereocenters. The summed E-state index contributed by atoms with van der Waals surface area (Å²) in [4.78, 5) is 21.5. The van der Waals surface area contributed by atoms with Crippen molar-refractivity contribution in [2.75, 3.05) is 12.9 Å². The summed E-state index contributed by atoms with van der Waals surface area (Å²) in [6, 6.07) is 7.24. The molecule has 130 valence electrons. The number of hydrogen-bond donors (Lipinski definition) is 3. The van der Waals surface area contributed by atoms with Crippen LogP contribution in [0.25, 0.3) is 11.3 Å². The van der Waals surface area contributed by atoms with Crippen LogP contribution in [-0.4, -0.2) is 38.7 Å². The average Bonchev–Trinajstić information content (AvgIpc) is 3.09. The molecule has 0 bridgehead atoms. The number of imidazole rings is 1. The van der Waals surface area contributed by atoms with E-state index in [1.165, 1.54) is 11.8 Å². The van der Waals surface area contributed by atoms with Gasteiger partial charge in [-0.1, -0.05) is 12.1 Å². The first-order valence-corrected chi connectivity index (χ1v) is 10.3. The number of aromatic nitrogens is 2. The maximum Gasteiger partial charge on any atom is 0.393 e. The summed E-state index contributed by atoms with van der Waals surface area (Å²) >= 11 is 1.51. The molecule has 0 spiro atoms. The first-order chi connectivity index (χ1) is 11.5. The maximum atomic E-state index is 12.3. The van der Waals surface area contributed by atoms with Gasteiger partial charge in [0.05, 0.1) is 29.7 Å². The molecule has 3 N–H and O–H groups in total. The number of aromatic amines is 1. The molecule has 0 saturated carbocycles. The lowest BCUT2D eigenvalue weighted by molar-refractivity contribution is 0.285. The van der Waals surface area contributed by atoms with Gasteiger partial charge in [0.15, 0.2) is 0 Å². The maximum absolute atomic E-state index is 12.3. The fraction of sp³-hybridized carbons (Fsp3) is 0.333. The van der Waals surface area contributed by atoms with E-state index in [9.17, 15) is 9.46 Å². The summed E-state index contributed by atoms with van der Waals surface area (Å²) in [5.74, 6) is 0. The Balaban J connectivity index is 2.29. The number of amidine groups is 1. The van der Waals surface area contributed by atoms with Crippen molar-refractivity contribution in [1.82, 2.24) is 15.3 Å². The zero-order chi connectivity index (χ0) is 17.6. The Bertz CT molecular complexity index is 719. The van der Waals surface area contributed by atoms with E-state index in [0.717, 1.165) is 11.3 Å². The van der Waals surface area contributed by atoms with Crippen molar-refractivity contribution < 1.29 is 14.0 Å². The number of nitrogens with zero attached hydrogens (tertiary/aromatic N) is 2. The SMILES string of the molecule is CCOP(=O)(O)/C(=N/c1ccc(-c2c[nH]cn2)cc1)NC(C)SC. The molecule has 0 aliphatic rings. The highest BCUT2D eigenvalue weighted by Crippen LogP contribution is 2.44. The molecule has 2 rings (SSSR count). The summed E-state index contributed by atoms with van der Waals surface area (Å²) in [6.07, 6.45) is 5.30. The van der Waals surface area contributed by atoms with Crippen LogP contribution in [-0.2, 0) is 9.09 Å². The largest absolute Gasteiger partial charge is 0.393 e. The minimum absolute atomic E-state index is 0.0567. The van der Waals surface area contributed by atoms with Crippen LogP contribution in [0.1, 0.15) is 13.8 Å². The van der Waals surface area contributed by atoms with E-state index < -0.39 is 7.60 Å². The van der Waals surface area contributed by atoms with Gasteiger partial charge >= 0.3 is 7.60 Å². The van der Waals surface area contributed by atoms with E-state index in [1.54, 1.807) is 31.6 Å². The van der Waals surface area contributed by atoms with Crippen LogP contribution in [0.5, 0.6) is 0 Å². The molecule has 0 aliphatic carbocycles.